The first kappa shape index (κ1) is 28.6. The van der Waals surface area contributed by atoms with Gasteiger partial charge in [0.1, 0.15) is 0 Å². The van der Waals surface area contributed by atoms with Gasteiger partial charge in [-0.15, -0.1) is 0 Å². The lowest BCUT2D eigenvalue weighted by Gasteiger charge is -2.07. The van der Waals surface area contributed by atoms with Crippen LogP contribution in [0.5, 0.6) is 0 Å². The van der Waals surface area contributed by atoms with E-state index in [4.69, 9.17) is 0 Å². The highest BCUT2D eigenvalue weighted by Gasteiger charge is 1.99. The fourth-order valence-corrected chi connectivity index (χ4v) is 3.60. The van der Waals surface area contributed by atoms with Gasteiger partial charge in [0, 0.05) is 0 Å². The molecule has 186 valence electrons. The van der Waals surface area contributed by atoms with Gasteiger partial charge in [-0.25, -0.2) is 0 Å². The monoisotopic (exact) mass is 474 g/mol. The molecule has 0 nitrogen and oxygen atoms in total. The van der Waals surface area contributed by atoms with E-state index >= 15 is 0 Å². The van der Waals surface area contributed by atoms with E-state index in [0.717, 1.165) is 6.42 Å². The van der Waals surface area contributed by atoms with Gasteiger partial charge in [0.05, 0.1) is 0 Å². The maximum absolute atomic E-state index is 2.22. The second-order valence-electron chi connectivity index (χ2n) is 9.02. The van der Waals surface area contributed by atoms with Gasteiger partial charge in [-0.05, 0) is 61.4 Å². The topological polar surface area (TPSA) is 0 Å². The molecule has 36 heavy (non-hydrogen) atoms. The first-order valence-corrected chi connectivity index (χ1v) is 13.1. The number of aryl methyl sites for hydroxylation is 1. The summed E-state index contributed by atoms with van der Waals surface area (Å²) >= 11 is 0. The van der Waals surface area contributed by atoms with E-state index in [9.17, 15) is 0 Å². The molecule has 1 aliphatic rings. The predicted molar refractivity (Wildman–Crippen MR) is 162 cm³/mol. The zero-order valence-electron chi connectivity index (χ0n) is 22.7. The minimum Gasteiger partial charge on any atom is -0.0798 e. The molecule has 4 rings (SSSR count). The van der Waals surface area contributed by atoms with Crippen LogP contribution >= 0.6 is 0 Å². The highest BCUT2D eigenvalue weighted by molar-refractivity contribution is 5.73. The summed E-state index contributed by atoms with van der Waals surface area (Å²) in [4.78, 5) is 0. The van der Waals surface area contributed by atoms with Gasteiger partial charge < -0.3 is 0 Å². The minimum absolute atomic E-state index is 1.15. The fraction of sp³-hybridized carbons (Fsp3) is 0.222. The van der Waals surface area contributed by atoms with Crippen molar-refractivity contribution in [3.8, 4) is 11.1 Å². The third kappa shape index (κ3) is 10.7. The van der Waals surface area contributed by atoms with Crippen LogP contribution in [-0.2, 0) is 0 Å². The summed E-state index contributed by atoms with van der Waals surface area (Å²) in [5.41, 5.74) is 9.26. The third-order valence-electron chi connectivity index (χ3n) is 5.66. The Balaban J connectivity index is 0.000000244. The Labute approximate surface area is 220 Å². The summed E-state index contributed by atoms with van der Waals surface area (Å²) < 4.78 is 0. The summed E-state index contributed by atoms with van der Waals surface area (Å²) in [7, 11) is 0. The number of hydrogen-bond donors (Lipinski definition) is 0. The SMILES string of the molecule is CCC.C\C=C(/C=C\C=C\C1=CC=C(C)CC1)c1ccccc1.Cc1ccc(-c2ccccc2)cc1. The number of allylic oxidation sites excluding steroid dienone is 10. The molecule has 0 saturated carbocycles. The summed E-state index contributed by atoms with van der Waals surface area (Å²) in [6.45, 7) is 10.6. The lowest BCUT2D eigenvalue weighted by molar-refractivity contribution is 0.927. The average Bonchev–Trinajstić information content (AvgIpc) is 2.92. The number of rotatable bonds is 5. The van der Waals surface area contributed by atoms with Crippen molar-refractivity contribution in [3.05, 3.63) is 150 Å². The zero-order valence-corrected chi connectivity index (χ0v) is 22.7. The van der Waals surface area contributed by atoms with Crippen molar-refractivity contribution < 1.29 is 0 Å². The summed E-state index contributed by atoms with van der Waals surface area (Å²) in [5, 5.41) is 0. The van der Waals surface area contributed by atoms with Gasteiger partial charge in [0.25, 0.3) is 0 Å². The molecule has 0 aliphatic heterocycles. The van der Waals surface area contributed by atoms with E-state index in [1.807, 2.05) is 12.1 Å². The Morgan fingerprint density at radius 2 is 1.28 bits per heavy atom. The molecule has 1 aliphatic carbocycles. The average molecular weight is 475 g/mol. The first-order chi connectivity index (χ1) is 17.6. The second kappa shape index (κ2) is 16.9. The van der Waals surface area contributed by atoms with Crippen LogP contribution in [0.3, 0.4) is 0 Å². The molecule has 0 heterocycles. The predicted octanol–water partition coefficient (Wildman–Crippen LogP) is 10.9. The smallest absolute Gasteiger partial charge is 0.0184 e. The molecule has 0 heteroatoms. The lowest BCUT2D eigenvalue weighted by atomic mass is 9.99. The van der Waals surface area contributed by atoms with Crippen molar-refractivity contribution in [3.63, 3.8) is 0 Å². The van der Waals surface area contributed by atoms with Crippen LogP contribution in [0.4, 0.5) is 0 Å². The van der Waals surface area contributed by atoms with Crippen molar-refractivity contribution >= 4 is 5.57 Å². The Morgan fingerprint density at radius 1 is 0.694 bits per heavy atom. The molecule has 0 unspecified atom stereocenters. The Hall–Kier alpha value is -3.64. The number of benzene rings is 3. The molecule has 0 radical (unpaired) electrons. The van der Waals surface area contributed by atoms with Crippen molar-refractivity contribution in [1.82, 2.24) is 0 Å². The Morgan fingerprint density at radius 3 is 1.83 bits per heavy atom. The Bertz CT molecular complexity index is 1150. The molecular weight excluding hydrogens is 432 g/mol. The van der Waals surface area contributed by atoms with E-state index in [0.29, 0.717) is 0 Å². The van der Waals surface area contributed by atoms with Crippen molar-refractivity contribution in [2.24, 2.45) is 0 Å². The van der Waals surface area contributed by atoms with E-state index in [1.54, 1.807) is 0 Å². The maximum atomic E-state index is 2.22. The van der Waals surface area contributed by atoms with Crippen molar-refractivity contribution in [2.45, 2.75) is 53.9 Å². The van der Waals surface area contributed by atoms with Gasteiger partial charge in [-0.1, -0.05) is 159 Å². The quantitative estimate of drug-likeness (QED) is 0.323. The molecule has 0 atom stereocenters. The van der Waals surface area contributed by atoms with Crippen LogP contribution in [0.1, 0.15) is 58.1 Å². The third-order valence-corrected chi connectivity index (χ3v) is 5.66. The zero-order chi connectivity index (χ0) is 26.0. The van der Waals surface area contributed by atoms with Gasteiger partial charge in [0.15, 0.2) is 0 Å². The molecule has 0 N–H and O–H groups in total. The lowest BCUT2D eigenvalue weighted by Crippen LogP contribution is -1.87. The molecular formula is C36H42. The maximum Gasteiger partial charge on any atom is -0.0184 e. The molecule has 0 fully saturated rings. The first-order valence-electron chi connectivity index (χ1n) is 13.1. The molecule has 3 aromatic rings. The van der Waals surface area contributed by atoms with Gasteiger partial charge >= 0.3 is 0 Å². The largest absolute Gasteiger partial charge is 0.0798 e. The minimum atomic E-state index is 1.15. The molecule has 0 saturated heterocycles. The van der Waals surface area contributed by atoms with Crippen LogP contribution in [-0.4, -0.2) is 0 Å². The van der Waals surface area contributed by atoms with Crippen LogP contribution in [0, 0.1) is 6.92 Å². The summed E-state index contributed by atoms with van der Waals surface area (Å²) in [6, 6.07) is 29.5. The van der Waals surface area contributed by atoms with E-state index in [2.05, 4.69) is 150 Å². The van der Waals surface area contributed by atoms with Gasteiger partial charge in [0.2, 0.25) is 0 Å². The molecule has 0 spiro atoms. The molecule has 0 aromatic heterocycles. The van der Waals surface area contributed by atoms with E-state index in [1.165, 1.54) is 51.8 Å². The molecule has 0 amide bonds. The highest BCUT2D eigenvalue weighted by Crippen LogP contribution is 2.20. The van der Waals surface area contributed by atoms with Crippen LogP contribution in [0.15, 0.2) is 139 Å². The van der Waals surface area contributed by atoms with Crippen LogP contribution in [0.25, 0.3) is 16.7 Å². The van der Waals surface area contributed by atoms with Gasteiger partial charge in [-0.2, -0.15) is 0 Å². The normalized spacial score (nSPS) is 13.3. The summed E-state index contributed by atoms with van der Waals surface area (Å²) in [5.74, 6) is 0. The standard InChI is InChI=1S/C20H22.C13H12.C3H8/c1-3-19(20-11-5-4-6-12-20)10-8-7-9-18-15-13-17(2)14-16-18;1-11-7-9-13(10-8-11)12-5-3-2-4-6-12;1-3-2/h3-13,15H,14,16H2,1-2H3;2-10H,1H3;3H2,1-2H3/b9-7+,10-8-,19-3+;;. The van der Waals surface area contributed by atoms with Crippen LogP contribution in [0.2, 0.25) is 0 Å². The van der Waals surface area contributed by atoms with Crippen molar-refractivity contribution in [2.75, 3.05) is 0 Å². The number of hydrogen-bond acceptors (Lipinski definition) is 0. The Kier molecular flexibility index (Phi) is 13.4. The molecule has 3 aromatic carbocycles. The molecule has 0 bridgehead atoms. The van der Waals surface area contributed by atoms with Gasteiger partial charge in [-0.3, -0.25) is 0 Å². The highest BCUT2D eigenvalue weighted by atomic mass is 14.0. The van der Waals surface area contributed by atoms with E-state index < -0.39 is 0 Å². The second-order valence-corrected chi connectivity index (χ2v) is 9.02. The van der Waals surface area contributed by atoms with Crippen molar-refractivity contribution in [1.29, 1.82) is 0 Å². The van der Waals surface area contributed by atoms with Crippen LogP contribution < -0.4 is 0 Å². The fourth-order valence-electron chi connectivity index (χ4n) is 3.60. The van der Waals surface area contributed by atoms with E-state index in [-0.39, 0.29) is 0 Å². The summed E-state index contributed by atoms with van der Waals surface area (Å²) in [6.07, 6.45) is 18.8.